The fourth-order valence-electron chi connectivity index (χ4n) is 3.30. The number of benzene rings is 2. The number of hydrogen-bond donors (Lipinski definition) is 1. The van der Waals surface area contributed by atoms with Crippen molar-refractivity contribution >= 4 is 35.0 Å². The maximum absolute atomic E-state index is 14.9. The zero-order valence-electron chi connectivity index (χ0n) is 15.7. The Morgan fingerprint density at radius 3 is 2.19 bits per heavy atom. The summed E-state index contributed by atoms with van der Waals surface area (Å²) in [5.41, 5.74) is 1.43. The van der Waals surface area contributed by atoms with Gasteiger partial charge < -0.3 is 4.74 Å². The SMILES string of the molecule is Cc1cc(C2(c3ccc(Cl)cc3)CC2(F)Cl)ccc1NC(=O)OC(C)(C)C. The predicted octanol–water partition coefficient (Wildman–Crippen LogP) is 6.59. The third-order valence-corrected chi connectivity index (χ3v) is 5.39. The summed E-state index contributed by atoms with van der Waals surface area (Å²) in [6, 6.07) is 12.5. The van der Waals surface area contributed by atoms with Crippen LogP contribution in [0.4, 0.5) is 14.9 Å². The van der Waals surface area contributed by atoms with E-state index in [1.54, 1.807) is 57.2 Å². The van der Waals surface area contributed by atoms with E-state index in [0.29, 0.717) is 10.7 Å². The molecule has 3 nitrogen and oxygen atoms in total. The monoisotopic (exact) mass is 409 g/mol. The Morgan fingerprint density at radius 2 is 1.70 bits per heavy atom. The first-order valence-electron chi connectivity index (χ1n) is 8.70. The second-order valence-electron chi connectivity index (χ2n) is 7.95. The minimum Gasteiger partial charge on any atom is -0.444 e. The van der Waals surface area contributed by atoms with Crippen LogP contribution in [-0.4, -0.2) is 16.8 Å². The maximum Gasteiger partial charge on any atom is 0.412 e. The summed E-state index contributed by atoms with van der Waals surface area (Å²) in [6.07, 6.45) is -0.351. The smallest absolute Gasteiger partial charge is 0.412 e. The van der Waals surface area contributed by atoms with Crippen LogP contribution in [0.15, 0.2) is 42.5 Å². The van der Waals surface area contributed by atoms with Crippen molar-refractivity contribution in [3.63, 3.8) is 0 Å². The Kier molecular flexibility index (Phi) is 4.94. The Bertz CT molecular complexity index is 875. The molecule has 1 amide bonds. The molecule has 2 aromatic rings. The number of carbonyl (C=O) groups excluding carboxylic acids is 1. The normalized spacial score (nSPS) is 24.4. The van der Waals surface area contributed by atoms with E-state index in [0.717, 1.165) is 16.7 Å². The molecule has 1 aliphatic rings. The number of anilines is 1. The number of nitrogens with one attached hydrogen (secondary N) is 1. The molecule has 0 saturated heterocycles. The molecular formula is C21H22Cl2FNO2. The number of hydrogen-bond acceptors (Lipinski definition) is 2. The van der Waals surface area contributed by atoms with Crippen molar-refractivity contribution in [2.75, 3.05) is 5.32 Å². The van der Waals surface area contributed by atoms with Crippen molar-refractivity contribution < 1.29 is 13.9 Å². The van der Waals surface area contributed by atoms with Crippen molar-refractivity contribution in [1.82, 2.24) is 0 Å². The van der Waals surface area contributed by atoms with Crippen molar-refractivity contribution in [1.29, 1.82) is 0 Å². The topological polar surface area (TPSA) is 38.3 Å². The number of ether oxygens (including phenoxy) is 1. The summed E-state index contributed by atoms with van der Waals surface area (Å²) in [4.78, 5) is 12.0. The zero-order valence-corrected chi connectivity index (χ0v) is 17.2. The molecule has 2 atom stereocenters. The van der Waals surface area contributed by atoms with Gasteiger partial charge in [-0.3, -0.25) is 5.32 Å². The number of amides is 1. The Hall–Kier alpha value is -1.78. The standard InChI is InChI=1S/C21H22Cl2FNO2/c1-13-11-15(7-10-17(13)25-18(26)27-19(2,3)4)20(12-21(20,23)24)14-5-8-16(22)9-6-14/h5-11H,12H2,1-4H3,(H,25,26). The minimum absolute atomic E-state index is 0.182. The molecule has 0 aliphatic heterocycles. The van der Waals surface area contributed by atoms with Gasteiger partial charge in [0.25, 0.3) is 0 Å². The largest absolute Gasteiger partial charge is 0.444 e. The summed E-state index contributed by atoms with van der Waals surface area (Å²) in [5, 5.41) is 1.46. The molecule has 2 aromatic carbocycles. The van der Waals surface area contributed by atoms with Crippen LogP contribution in [0.2, 0.25) is 5.02 Å². The first-order valence-corrected chi connectivity index (χ1v) is 9.45. The van der Waals surface area contributed by atoms with Gasteiger partial charge in [-0.2, -0.15) is 0 Å². The van der Waals surface area contributed by atoms with Gasteiger partial charge in [-0.05, 0) is 62.6 Å². The lowest BCUT2D eigenvalue weighted by atomic mass is 9.86. The highest BCUT2D eigenvalue weighted by Crippen LogP contribution is 2.66. The lowest BCUT2D eigenvalue weighted by Crippen LogP contribution is -2.27. The minimum atomic E-state index is -1.85. The van der Waals surface area contributed by atoms with Gasteiger partial charge in [0.05, 0.1) is 5.41 Å². The van der Waals surface area contributed by atoms with E-state index in [2.05, 4.69) is 5.32 Å². The number of aryl methyl sites for hydroxylation is 1. The molecule has 1 N–H and O–H groups in total. The molecule has 1 saturated carbocycles. The third-order valence-electron chi connectivity index (χ3n) is 4.68. The Morgan fingerprint density at radius 1 is 1.15 bits per heavy atom. The van der Waals surface area contributed by atoms with Gasteiger partial charge >= 0.3 is 6.09 Å². The molecule has 1 aliphatic carbocycles. The molecule has 0 radical (unpaired) electrons. The van der Waals surface area contributed by atoms with Crippen molar-refractivity contribution in [3.8, 4) is 0 Å². The molecule has 0 spiro atoms. The van der Waals surface area contributed by atoms with E-state index in [9.17, 15) is 9.18 Å². The van der Waals surface area contributed by atoms with E-state index >= 15 is 0 Å². The van der Waals surface area contributed by atoms with E-state index in [1.165, 1.54) is 0 Å². The van der Waals surface area contributed by atoms with E-state index in [1.807, 2.05) is 13.0 Å². The molecule has 2 unspecified atom stereocenters. The summed E-state index contributed by atoms with van der Waals surface area (Å²) in [5.74, 6) is 0. The summed E-state index contributed by atoms with van der Waals surface area (Å²) in [6.45, 7) is 7.24. The molecule has 1 fully saturated rings. The second kappa shape index (κ2) is 6.68. The fourth-order valence-corrected chi connectivity index (χ4v) is 3.84. The van der Waals surface area contributed by atoms with Crippen LogP contribution in [0.1, 0.15) is 43.9 Å². The van der Waals surface area contributed by atoms with Crippen LogP contribution < -0.4 is 5.32 Å². The number of alkyl halides is 2. The summed E-state index contributed by atoms with van der Waals surface area (Å²) in [7, 11) is 0. The molecule has 27 heavy (non-hydrogen) atoms. The highest BCUT2D eigenvalue weighted by Gasteiger charge is 2.70. The predicted molar refractivity (Wildman–Crippen MR) is 108 cm³/mol. The molecule has 3 rings (SSSR count). The quantitative estimate of drug-likeness (QED) is 0.580. The van der Waals surface area contributed by atoms with Gasteiger partial charge in [-0.15, -0.1) is 0 Å². The zero-order chi connectivity index (χ0) is 20.0. The maximum atomic E-state index is 14.9. The third kappa shape index (κ3) is 3.92. The average molecular weight is 410 g/mol. The molecule has 0 aromatic heterocycles. The van der Waals surface area contributed by atoms with Crippen LogP contribution >= 0.6 is 23.2 Å². The highest BCUT2D eigenvalue weighted by atomic mass is 35.5. The van der Waals surface area contributed by atoms with Crippen molar-refractivity contribution in [2.45, 2.75) is 50.3 Å². The van der Waals surface area contributed by atoms with E-state index in [4.69, 9.17) is 27.9 Å². The molecule has 0 bridgehead atoms. The van der Waals surface area contributed by atoms with Crippen molar-refractivity contribution in [3.05, 3.63) is 64.2 Å². The van der Waals surface area contributed by atoms with Gasteiger partial charge in [-0.25, -0.2) is 9.18 Å². The summed E-state index contributed by atoms with van der Waals surface area (Å²) >= 11 is 12.1. The van der Waals surface area contributed by atoms with Crippen LogP contribution in [0.5, 0.6) is 0 Å². The van der Waals surface area contributed by atoms with E-state index in [-0.39, 0.29) is 6.42 Å². The number of rotatable bonds is 3. The van der Waals surface area contributed by atoms with Gasteiger partial charge in [0, 0.05) is 17.1 Å². The Balaban J connectivity index is 1.90. The van der Waals surface area contributed by atoms with Crippen LogP contribution in [0, 0.1) is 6.92 Å². The second-order valence-corrected chi connectivity index (χ2v) is 8.99. The van der Waals surface area contributed by atoms with Gasteiger partial charge in [0.15, 0.2) is 5.13 Å². The Labute approximate surface area is 168 Å². The first kappa shape index (κ1) is 20.0. The summed E-state index contributed by atoms with van der Waals surface area (Å²) < 4.78 is 20.1. The van der Waals surface area contributed by atoms with Gasteiger partial charge in [0.1, 0.15) is 5.60 Å². The first-order chi connectivity index (χ1) is 12.4. The fraction of sp³-hybridized carbons (Fsp3) is 0.381. The van der Waals surface area contributed by atoms with Crippen LogP contribution in [0.3, 0.4) is 0 Å². The van der Waals surface area contributed by atoms with E-state index < -0.39 is 22.2 Å². The average Bonchev–Trinajstić information content (AvgIpc) is 3.12. The molecule has 144 valence electrons. The molecule has 6 heteroatoms. The number of carbonyl (C=O) groups is 1. The molecular weight excluding hydrogens is 388 g/mol. The van der Waals surface area contributed by atoms with Crippen LogP contribution in [-0.2, 0) is 10.2 Å². The lowest BCUT2D eigenvalue weighted by Gasteiger charge is -2.22. The molecule has 0 heterocycles. The van der Waals surface area contributed by atoms with Crippen molar-refractivity contribution in [2.24, 2.45) is 0 Å². The number of halogens is 3. The van der Waals surface area contributed by atoms with Crippen LogP contribution in [0.25, 0.3) is 0 Å². The van der Waals surface area contributed by atoms with Gasteiger partial charge in [-0.1, -0.05) is 47.5 Å². The van der Waals surface area contributed by atoms with Gasteiger partial charge in [0.2, 0.25) is 0 Å². The lowest BCUT2D eigenvalue weighted by molar-refractivity contribution is 0.0636. The highest BCUT2D eigenvalue weighted by molar-refractivity contribution is 6.30.